The molecule has 2 aromatic rings. The zero-order valence-corrected chi connectivity index (χ0v) is 13.5. The lowest BCUT2D eigenvalue weighted by Crippen LogP contribution is -2.16. The smallest absolute Gasteiger partial charge is 0.263 e. The van der Waals surface area contributed by atoms with E-state index in [1.54, 1.807) is 12.1 Å². The van der Waals surface area contributed by atoms with Crippen LogP contribution in [0.4, 0.5) is 11.4 Å². The molecule has 0 aliphatic rings. The van der Waals surface area contributed by atoms with Crippen LogP contribution in [0.5, 0.6) is 0 Å². The first kappa shape index (κ1) is 15.4. The van der Waals surface area contributed by atoms with Crippen molar-refractivity contribution in [2.45, 2.75) is 32.6 Å². The molecular weight excluding hydrogens is 284 g/mol. The van der Waals surface area contributed by atoms with Crippen molar-refractivity contribution in [1.29, 1.82) is 0 Å². The highest BCUT2D eigenvalue weighted by Gasteiger charge is 2.19. The average molecular weight is 304 g/mol. The number of hydrogen-bond donors (Lipinski definition) is 2. The van der Waals surface area contributed by atoms with Gasteiger partial charge in [-0.3, -0.25) is 4.72 Å². The Morgan fingerprint density at radius 3 is 2.00 bits per heavy atom. The van der Waals surface area contributed by atoms with Gasteiger partial charge >= 0.3 is 0 Å². The summed E-state index contributed by atoms with van der Waals surface area (Å²) < 4.78 is 27.7. The van der Waals surface area contributed by atoms with Crippen molar-refractivity contribution >= 4 is 21.4 Å². The van der Waals surface area contributed by atoms with Crippen LogP contribution in [0.3, 0.4) is 0 Å². The molecule has 5 heteroatoms. The number of nitrogen functional groups attached to an aromatic ring is 1. The molecule has 0 spiro atoms. The molecule has 0 aliphatic carbocycles. The van der Waals surface area contributed by atoms with E-state index in [1.165, 1.54) is 6.07 Å². The molecule has 2 aromatic carbocycles. The monoisotopic (exact) mass is 304 g/mol. The van der Waals surface area contributed by atoms with Crippen molar-refractivity contribution in [3.8, 4) is 0 Å². The van der Waals surface area contributed by atoms with Crippen LogP contribution in [-0.2, 0) is 10.0 Å². The number of hydrogen-bond acceptors (Lipinski definition) is 3. The van der Waals surface area contributed by atoms with E-state index in [1.807, 2.05) is 39.8 Å². The first-order valence-electron chi connectivity index (χ1n) is 6.67. The normalized spacial score (nSPS) is 11.4. The minimum Gasteiger partial charge on any atom is -0.398 e. The summed E-state index contributed by atoms with van der Waals surface area (Å²) in [6.45, 7) is 7.62. The van der Waals surface area contributed by atoms with E-state index in [2.05, 4.69) is 4.72 Å². The van der Waals surface area contributed by atoms with Crippen molar-refractivity contribution in [1.82, 2.24) is 0 Å². The van der Waals surface area contributed by atoms with Crippen LogP contribution >= 0.6 is 0 Å². The second-order valence-electron chi connectivity index (χ2n) is 5.42. The Hall–Kier alpha value is -2.01. The first-order valence-corrected chi connectivity index (χ1v) is 8.16. The number of benzene rings is 2. The van der Waals surface area contributed by atoms with Crippen LogP contribution in [0, 0.1) is 27.7 Å². The van der Waals surface area contributed by atoms with Crippen molar-refractivity contribution in [2.24, 2.45) is 0 Å². The highest BCUT2D eigenvalue weighted by atomic mass is 32.2. The van der Waals surface area contributed by atoms with Crippen molar-refractivity contribution in [3.05, 3.63) is 52.6 Å². The number of nitrogens with two attached hydrogens (primary N) is 1. The van der Waals surface area contributed by atoms with Gasteiger partial charge in [0.05, 0.1) is 11.4 Å². The topological polar surface area (TPSA) is 72.2 Å². The van der Waals surface area contributed by atoms with Crippen LogP contribution in [0.1, 0.15) is 22.3 Å². The lowest BCUT2D eigenvalue weighted by Gasteiger charge is -2.15. The standard InChI is InChI=1S/C16H20N2O2S/c1-10-5-6-15(14(17)9-10)21(19,20)18-16-12(3)7-11(2)8-13(16)4/h5-9,18H,17H2,1-4H3. The molecule has 0 aromatic heterocycles. The van der Waals surface area contributed by atoms with Gasteiger partial charge in [-0.05, 0) is 56.5 Å². The van der Waals surface area contributed by atoms with Crippen molar-refractivity contribution in [2.75, 3.05) is 10.5 Å². The molecule has 2 rings (SSSR count). The third-order valence-electron chi connectivity index (χ3n) is 3.37. The zero-order chi connectivity index (χ0) is 15.8. The van der Waals surface area contributed by atoms with E-state index in [4.69, 9.17) is 5.73 Å². The summed E-state index contributed by atoms with van der Waals surface area (Å²) in [6.07, 6.45) is 0. The van der Waals surface area contributed by atoms with Crippen LogP contribution in [-0.4, -0.2) is 8.42 Å². The van der Waals surface area contributed by atoms with Crippen LogP contribution in [0.2, 0.25) is 0 Å². The van der Waals surface area contributed by atoms with Crippen molar-refractivity contribution in [3.63, 3.8) is 0 Å². The predicted molar refractivity (Wildman–Crippen MR) is 87.1 cm³/mol. The molecule has 3 N–H and O–H groups in total. The summed E-state index contributed by atoms with van der Waals surface area (Å²) in [5.74, 6) is 0. The molecule has 112 valence electrons. The van der Waals surface area contributed by atoms with E-state index in [-0.39, 0.29) is 10.6 Å². The van der Waals surface area contributed by atoms with Crippen LogP contribution in [0.15, 0.2) is 35.2 Å². The molecule has 0 fully saturated rings. The molecule has 0 unspecified atom stereocenters. The lowest BCUT2D eigenvalue weighted by molar-refractivity contribution is 0.601. The summed E-state index contributed by atoms with van der Waals surface area (Å²) in [5, 5.41) is 0. The maximum atomic E-state index is 12.5. The fourth-order valence-corrected chi connectivity index (χ4v) is 3.76. The van der Waals surface area contributed by atoms with E-state index in [0.29, 0.717) is 5.69 Å². The molecule has 4 nitrogen and oxygen atoms in total. The molecule has 0 saturated heterocycles. The van der Waals surface area contributed by atoms with Crippen LogP contribution < -0.4 is 10.5 Å². The highest BCUT2D eigenvalue weighted by molar-refractivity contribution is 7.92. The number of sulfonamides is 1. The zero-order valence-electron chi connectivity index (χ0n) is 12.7. The largest absolute Gasteiger partial charge is 0.398 e. The van der Waals surface area contributed by atoms with Crippen LogP contribution in [0.25, 0.3) is 0 Å². The van der Waals surface area contributed by atoms with E-state index >= 15 is 0 Å². The molecule has 0 heterocycles. The van der Waals surface area contributed by atoms with Gasteiger partial charge in [0.25, 0.3) is 10.0 Å². The molecule has 0 amide bonds. The second kappa shape index (κ2) is 5.41. The van der Waals surface area contributed by atoms with Gasteiger partial charge in [0.1, 0.15) is 4.90 Å². The Morgan fingerprint density at radius 2 is 1.48 bits per heavy atom. The number of anilines is 2. The summed E-state index contributed by atoms with van der Waals surface area (Å²) in [5.41, 5.74) is 10.5. The van der Waals surface area contributed by atoms with Gasteiger partial charge in [-0.1, -0.05) is 23.8 Å². The Morgan fingerprint density at radius 1 is 0.905 bits per heavy atom. The van der Waals surface area contributed by atoms with Gasteiger partial charge < -0.3 is 5.73 Å². The Labute approximate surface area is 126 Å². The number of rotatable bonds is 3. The SMILES string of the molecule is Cc1cc(C)c(NS(=O)(=O)c2ccc(C)cc2N)c(C)c1. The minimum absolute atomic E-state index is 0.104. The van der Waals surface area contributed by atoms with E-state index in [9.17, 15) is 8.42 Å². The fraction of sp³-hybridized carbons (Fsp3) is 0.250. The third-order valence-corrected chi connectivity index (χ3v) is 4.79. The summed E-state index contributed by atoms with van der Waals surface area (Å²) in [4.78, 5) is 0.104. The van der Waals surface area contributed by atoms with Gasteiger partial charge in [0.2, 0.25) is 0 Å². The maximum absolute atomic E-state index is 12.5. The Balaban J connectivity index is 2.47. The highest BCUT2D eigenvalue weighted by Crippen LogP contribution is 2.27. The molecule has 21 heavy (non-hydrogen) atoms. The first-order chi connectivity index (χ1) is 9.70. The summed E-state index contributed by atoms with van der Waals surface area (Å²) in [7, 11) is -3.69. The van der Waals surface area contributed by atoms with Gasteiger partial charge in [-0.25, -0.2) is 8.42 Å². The Kier molecular flexibility index (Phi) is 3.96. The van der Waals surface area contributed by atoms with Gasteiger partial charge in [0, 0.05) is 0 Å². The molecule has 0 bridgehead atoms. The lowest BCUT2D eigenvalue weighted by atomic mass is 10.1. The molecule has 0 radical (unpaired) electrons. The quantitative estimate of drug-likeness (QED) is 0.855. The summed E-state index contributed by atoms with van der Waals surface area (Å²) in [6, 6.07) is 8.82. The van der Waals surface area contributed by atoms with E-state index in [0.717, 1.165) is 22.3 Å². The van der Waals surface area contributed by atoms with Gasteiger partial charge in [-0.15, -0.1) is 0 Å². The molecule has 0 atom stereocenters. The second-order valence-corrected chi connectivity index (χ2v) is 7.07. The van der Waals surface area contributed by atoms with Crippen molar-refractivity contribution < 1.29 is 8.42 Å². The molecule has 0 saturated carbocycles. The van der Waals surface area contributed by atoms with Gasteiger partial charge in [0.15, 0.2) is 0 Å². The Bertz CT molecular complexity index is 773. The third kappa shape index (κ3) is 3.19. The van der Waals surface area contributed by atoms with Gasteiger partial charge in [-0.2, -0.15) is 0 Å². The number of aryl methyl sites for hydroxylation is 4. The molecular formula is C16H20N2O2S. The predicted octanol–water partition coefficient (Wildman–Crippen LogP) is 3.30. The number of nitrogens with one attached hydrogen (secondary N) is 1. The fourth-order valence-electron chi connectivity index (χ4n) is 2.44. The summed E-state index contributed by atoms with van der Waals surface area (Å²) >= 11 is 0. The molecule has 0 aliphatic heterocycles. The minimum atomic E-state index is -3.69. The van der Waals surface area contributed by atoms with E-state index < -0.39 is 10.0 Å². The maximum Gasteiger partial charge on any atom is 0.263 e. The average Bonchev–Trinajstić information content (AvgIpc) is 2.33.